The molecule has 1 N–H and O–H groups in total. The van der Waals surface area contributed by atoms with Crippen molar-refractivity contribution >= 4 is 19.2 Å². The molecule has 0 atom stereocenters. The minimum atomic E-state index is -3.21. The zero-order chi connectivity index (χ0) is 22.1. The van der Waals surface area contributed by atoms with Gasteiger partial charge in [-0.05, 0) is 80.0 Å². The van der Waals surface area contributed by atoms with E-state index in [9.17, 15) is 9.67 Å². The fourth-order valence-corrected chi connectivity index (χ4v) is 5.35. The van der Waals surface area contributed by atoms with Crippen molar-refractivity contribution in [2.24, 2.45) is 0 Å². The molecule has 0 amide bonds. The van der Waals surface area contributed by atoms with Crippen LogP contribution in [0, 0.1) is 0 Å². The molecule has 0 saturated heterocycles. The Hall–Kier alpha value is -2.13. The predicted octanol–water partition coefficient (Wildman–Crippen LogP) is 7.79. The van der Waals surface area contributed by atoms with Crippen molar-refractivity contribution in [3.05, 3.63) is 76.6 Å². The highest BCUT2D eigenvalue weighted by atomic mass is 31.2. The second-order valence-electron chi connectivity index (χ2n) is 7.75. The maximum atomic E-state index is 12.7. The first-order valence-electron chi connectivity index (χ1n) is 11.2. The van der Waals surface area contributed by atoms with Gasteiger partial charge in [-0.25, -0.2) is 0 Å². The molecule has 0 radical (unpaired) electrons. The number of allylic oxidation sites excluding steroid dienone is 1. The summed E-state index contributed by atoms with van der Waals surface area (Å²) in [4.78, 5) is 0. The van der Waals surface area contributed by atoms with Gasteiger partial charge in [-0.1, -0.05) is 54.8 Å². The standard InChI is InChI=1S/C26H33O4P/c1-3-29-31(28,30-4-2)20-19-21-11-13-23(14-12-21)26(22-9-7-5-6-8-10-22)24-15-17-25(27)18-16-24/h11-20,27H,3-10H2,1-2H3. The van der Waals surface area contributed by atoms with Crippen LogP contribution in [0.1, 0.15) is 69.1 Å². The third-order valence-corrected chi connectivity index (χ3v) is 7.23. The van der Waals surface area contributed by atoms with Crippen LogP contribution in [0.4, 0.5) is 0 Å². The average molecular weight is 441 g/mol. The van der Waals surface area contributed by atoms with E-state index < -0.39 is 7.60 Å². The summed E-state index contributed by atoms with van der Waals surface area (Å²) in [6, 6.07) is 15.8. The highest BCUT2D eigenvalue weighted by Crippen LogP contribution is 2.50. The first-order chi connectivity index (χ1) is 15.0. The van der Waals surface area contributed by atoms with E-state index in [0.717, 1.165) is 29.5 Å². The third kappa shape index (κ3) is 6.67. The van der Waals surface area contributed by atoms with E-state index >= 15 is 0 Å². The first-order valence-corrected chi connectivity index (χ1v) is 12.9. The fourth-order valence-electron chi connectivity index (χ4n) is 4.03. The molecular weight excluding hydrogens is 407 g/mol. The highest BCUT2D eigenvalue weighted by molar-refractivity contribution is 7.57. The molecule has 0 spiro atoms. The molecule has 2 aromatic rings. The molecule has 2 aromatic carbocycles. The van der Waals surface area contributed by atoms with Crippen LogP contribution in [0.5, 0.6) is 5.75 Å². The fraction of sp³-hybridized carbons (Fsp3) is 0.385. The topological polar surface area (TPSA) is 55.8 Å². The monoisotopic (exact) mass is 440 g/mol. The summed E-state index contributed by atoms with van der Waals surface area (Å²) >= 11 is 0. The second kappa shape index (κ2) is 11.5. The molecule has 0 heterocycles. The van der Waals surface area contributed by atoms with Crippen molar-refractivity contribution in [2.45, 2.75) is 52.4 Å². The molecule has 1 saturated carbocycles. The molecule has 0 aliphatic heterocycles. The Morgan fingerprint density at radius 1 is 0.871 bits per heavy atom. The lowest BCUT2D eigenvalue weighted by Crippen LogP contribution is -1.95. The maximum absolute atomic E-state index is 12.7. The zero-order valence-electron chi connectivity index (χ0n) is 18.5. The number of rotatable bonds is 8. The molecule has 0 aromatic heterocycles. The van der Waals surface area contributed by atoms with Gasteiger partial charge in [-0.15, -0.1) is 0 Å². The van der Waals surface area contributed by atoms with Crippen molar-refractivity contribution in [1.29, 1.82) is 0 Å². The van der Waals surface area contributed by atoms with Crippen molar-refractivity contribution in [3.63, 3.8) is 0 Å². The Labute approximate surface area is 186 Å². The molecular formula is C26H33O4P. The summed E-state index contributed by atoms with van der Waals surface area (Å²) in [5.74, 6) is 1.82. The van der Waals surface area contributed by atoms with E-state index in [2.05, 4.69) is 12.1 Å². The normalized spacial score (nSPS) is 15.2. The predicted molar refractivity (Wildman–Crippen MR) is 128 cm³/mol. The summed E-state index contributed by atoms with van der Waals surface area (Å²) < 4.78 is 23.3. The molecule has 166 valence electrons. The number of phenols is 1. The summed E-state index contributed by atoms with van der Waals surface area (Å²) in [5.41, 5.74) is 6.00. The largest absolute Gasteiger partial charge is 0.508 e. The smallest absolute Gasteiger partial charge is 0.354 e. The lowest BCUT2D eigenvalue weighted by molar-refractivity contribution is 0.229. The van der Waals surface area contributed by atoms with Gasteiger partial charge in [0.2, 0.25) is 0 Å². The van der Waals surface area contributed by atoms with Crippen molar-refractivity contribution in [1.82, 2.24) is 0 Å². The number of benzene rings is 2. The molecule has 5 heteroatoms. The van der Waals surface area contributed by atoms with Crippen LogP contribution in [-0.4, -0.2) is 18.3 Å². The minimum absolute atomic E-state index is 0.280. The van der Waals surface area contributed by atoms with Crippen molar-refractivity contribution in [2.75, 3.05) is 13.2 Å². The van der Waals surface area contributed by atoms with Crippen LogP contribution in [0.2, 0.25) is 0 Å². The first kappa shape index (κ1) is 23.5. The second-order valence-corrected chi connectivity index (χ2v) is 9.65. The highest BCUT2D eigenvalue weighted by Gasteiger charge is 2.19. The van der Waals surface area contributed by atoms with E-state index in [-0.39, 0.29) is 5.75 Å². The molecule has 1 aliphatic rings. The van der Waals surface area contributed by atoms with Gasteiger partial charge in [0.1, 0.15) is 5.75 Å². The van der Waals surface area contributed by atoms with Crippen LogP contribution in [0.25, 0.3) is 11.6 Å². The van der Waals surface area contributed by atoms with Gasteiger partial charge < -0.3 is 14.2 Å². The van der Waals surface area contributed by atoms with Crippen molar-refractivity contribution < 1.29 is 18.7 Å². The van der Waals surface area contributed by atoms with E-state index in [1.165, 1.54) is 36.8 Å². The van der Waals surface area contributed by atoms with Gasteiger partial charge in [-0.2, -0.15) is 0 Å². The Morgan fingerprint density at radius 2 is 1.39 bits per heavy atom. The van der Waals surface area contributed by atoms with E-state index in [4.69, 9.17) is 9.05 Å². The van der Waals surface area contributed by atoms with Crippen LogP contribution < -0.4 is 0 Å². The SMILES string of the molecule is CCOP(=O)(C=Cc1ccc(C(=C2CCCCCC2)c2ccc(O)cc2)cc1)OCC. The quantitative estimate of drug-likeness (QED) is 0.336. The van der Waals surface area contributed by atoms with Crippen LogP contribution in [-0.2, 0) is 13.6 Å². The molecule has 0 bridgehead atoms. The molecule has 31 heavy (non-hydrogen) atoms. The Bertz CT molecular complexity index is 922. The van der Waals surface area contributed by atoms with Crippen LogP contribution in [0.15, 0.2) is 59.9 Å². The van der Waals surface area contributed by atoms with Crippen LogP contribution in [0.3, 0.4) is 0 Å². The average Bonchev–Trinajstić information content (AvgIpc) is 3.05. The maximum Gasteiger partial charge on any atom is 0.354 e. The lowest BCUT2D eigenvalue weighted by atomic mass is 9.89. The van der Waals surface area contributed by atoms with E-state index in [0.29, 0.717) is 13.2 Å². The van der Waals surface area contributed by atoms with E-state index in [1.807, 2.05) is 24.3 Å². The van der Waals surface area contributed by atoms with Gasteiger partial charge in [0.05, 0.1) is 13.2 Å². The molecule has 1 aliphatic carbocycles. The minimum Gasteiger partial charge on any atom is -0.508 e. The molecule has 3 rings (SSSR count). The summed E-state index contributed by atoms with van der Waals surface area (Å²) in [7, 11) is -3.21. The Morgan fingerprint density at radius 3 is 1.90 bits per heavy atom. The Balaban J connectivity index is 1.92. The van der Waals surface area contributed by atoms with Crippen LogP contribution >= 0.6 is 7.60 Å². The van der Waals surface area contributed by atoms with Gasteiger partial charge in [-0.3, -0.25) is 4.57 Å². The number of hydrogen-bond donors (Lipinski definition) is 1. The lowest BCUT2D eigenvalue weighted by Gasteiger charge is -2.16. The summed E-state index contributed by atoms with van der Waals surface area (Å²) in [6.07, 6.45) is 9.05. The number of hydrogen-bond acceptors (Lipinski definition) is 4. The summed E-state index contributed by atoms with van der Waals surface area (Å²) in [6.45, 7) is 4.29. The Kier molecular flexibility index (Phi) is 8.71. The number of aromatic hydroxyl groups is 1. The molecule has 0 unspecified atom stereocenters. The van der Waals surface area contributed by atoms with Crippen molar-refractivity contribution in [3.8, 4) is 5.75 Å². The van der Waals surface area contributed by atoms with E-state index in [1.54, 1.807) is 37.9 Å². The molecule has 4 nitrogen and oxygen atoms in total. The zero-order valence-corrected chi connectivity index (χ0v) is 19.4. The summed E-state index contributed by atoms with van der Waals surface area (Å²) in [5, 5.41) is 9.73. The van der Waals surface area contributed by atoms with Gasteiger partial charge >= 0.3 is 7.60 Å². The van der Waals surface area contributed by atoms with Gasteiger partial charge in [0.25, 0.3) is 0 Å². The number of phenolic OH excluding ortho intramolecular Hbond substituents is 1. The van der Waals surface area contributed by atoms with Gasteiger partial charge in [0.15, 0.2) is 0 Å². The third-order valence-electron chi connectivity index (χ3n) is 5.48. The van der Waals surface area contributed by atoms with Gasteiger partial charge in [0, 0.05) is 5.82 Å². The molecule has 1 fully saturated rings.